The maximum atomic E-state index is 12.0. The van der Waals surface area contributed by atoms with Crippen LogP contribution in [0.5, 0.6) is 0 Å². The first-order chi connectivity index (χ1) is 11.8. The van der Waals surface area contributed by atoms with Crippen LogP contribution in [0.15, 0.2) is 0 Å². The fraction of sp³-hybridized carbons (Fsp3) is 0.875. The Bertz CT molecular complexity index is 446. The average Bonchev–Trinajstić information content (AvgIpc) is 2.83. The van der Waals surface area contributed by atoms with Gasteiger partial charge in [-0.3, -0.25) is 5.01 Å². The quantitative estimate of drug-likeness (QED) is 0.714. The molecule has 2 heterocycles. The van der Waals surface area contributed by atoms with Crippen molar-refractivity contribution in [1.82, 2.24) is 20.7 Å². The number of hydrogen-bond acceptors (Lipinski definition) is 6. The SMILES string of the molecule is CC(C)(C)OC(=O)N1CCC(OCCNC(=O)N2CCOCCN2)C1. The van der Waals surface area contributed by atoms with Crippen LogP contribution in [-0.2, 0) is 14.2 Å². The van der Waals surface area contributed by atoms with E-state index in [2.05, 4.69) is 10.7 Å². The molecule has 2 fully saturated rings. The molecule has 2 aliphatic heterocycles. The monoisotopic (exact) mass is 358 g/mol. The molecule has 0 aromatic carbocycles. The lowest BCUT2D eigenvalue weighted by Crippen LogP contribution is -2.49. The highest BCUT2D eigenvalue weighted by Gasteiger charge is 2.30. The maximum Gasteiger partial charge on any atom is 0.410 e. The molecule has 0 spiro atoms. The van der Waals surface area contributed by atoms with Crippen LogP contribution in [0.25, 0.3) is 0 Å². The highest BCUT2D eigenvalue weighted by atomic mass is 16.6. The van der Waals surface area contributed by atoms with Gasteiger partial charge < -0.3 is 24.4 Å². The molecule has 1 atom stereocenters. The van der Waals surface area contributed by atoms with Gasteiger partial charge in [0, 0.05) is 19.6 Å². The molecule has 1 unspecified atom stereocenters. The third-order valence-electron chi connectivity index (χ3n) is 3.78. The lowest BCUT2D eigenvalue weighted by atomic mass is 10.2. The van der Waals surface area contributed by atoms with Gasteiger partial charge in [0.2, 0.25) is 0 Å². The molecule has 3 amide bonds. The Morgan fingerprint density at radius 1 is 1.28 bits per heavy atom. The highest BCUT2D eigenvalue weighted by molar-refractivity contribution is 5.73. The van der Waals surface area contributed by atoms with Crippen LogP contribution < -0.4 is 10.7 Å². The molecule has 2 N–H and O–H groups in total. The molecule has 2 rings (SSSR count). The number of carbonyl (C=O) groups excluding carboxylic acids is 2. The van der Waals surface area contributed by atoms with Gasteiger partial charge in [0.15, 0.2) is 0 Å². The second kappa shape index (κ2) is 9.21. The first-order valence-electron chi connectivity index (χ1n) is 8.81. The van der Waals surface area contributed by atoms with Gasteiger partial charge in [-0.1, -0.05) is 0 Å². The zero-order valence-corrected chi connectivity index (χ0v) is 15.4. The van der Waals surface area contributed by atoms with E-state index in [1.807, 2.05) is 20.8 Å². The molecular formula is C16H30N4O5. The number of carbonyl (C=O) groups is 2. The Hall–Kier alpha value is -1.58. The second-order valence-electron chi connectivity index (χ2n) is 7.11. The van der Waals surface area contributed by atoms with Crippen LogP contribution in [0.1, 0.15) is 27.2 Å². The number of nitrogens with one attached hydrogen (secondary N) is 2. The molecule has 2 aliphatic rings. The predicted octanol–water partition coefficient (Wildman–Crippen LogP) is 0.559. The number of hydrogen-bond donors (Lipinski definition) is 2. The molecule has 2 saturated heterocycles. The van der Waals surface area contributed by atoms with Gasteiger partial charge in [-0.05, 0) is 27.2 Å². The maximum absolute atomic E-state index is 12.0. The van der Waals surface area contributed by atoms with Crippen LogP contribution in [0.4, 0.5) is 9.59 Å². The summed E-state index contributed by atoms with van der Waals surface area (Å²) in [7, 11) is 0. The first kappa shape index (κ1) is 19.7. The van der Waals surface area contributed by atoms with Gasteiger partial charge >= 0.3 is 12.1 Å². The lowest BCUT2D eigenvalue weighted by molar-refractivity contribution is 0.0215. The molecule has 0 aliphatic carbocycles. The van der Waals surface area contributed by atoms with Gasteiger partial charge in [-0.2, -0.15) is 0 Å². The topological polar surface area (TPSA) is 92.4 Å². The average molecular weight is 358 g/mol. The Morgan fingerprint density at radius 3 is 2.84 bits per heavy atom. The Morgan fingerprint density at radius 2 is 2.08 bits per heavy atom. The van der Waals surface area contributed by atoms with Crippen molar-refractivity contribution >= 4 is 12.1 Å². The van der Waals surface area contributed by atoms with E-state index in [1.165, 1.54) is 5.01 Å². The normalized spacial score (nSPS) is 21.8. The van der Waals surface area contributed by atoms with E-state index in [0.717, 1.165) is 6.42 Å². The molecule has 9 nitrogen and oxygen atoms in total. The summed E-state index contributed by atoms with van der Waals surface area (Å²) in [6, 6.07) is -0.184. The minimum atomic E-state index is -0.493. The van der Waals surface area contributed by atoms with Crippen molar-refractivity contribution in [3.8, 4) is 0 Å². The van der Waals surface area contributed by atoms with Crippen LogP contribution in [0, 0.1) is 0 Å². The Labute approximate surface area is 148 Å². The van der Waals surface area contributed by atoms with E-state index >= 15 is 0 Å². The molecule has 0 aromatic rings. The molecule has 0 radical (unpaired) electrons. The molecule has 9 heteroatoms. The fourth-order valence-electron chi connectivity index (χ4n) is 2.60. The number of hydrazine groups is 1. The second-order valence-corrected chi connectivity index (χ2v) is 7.11. The van der Waals surface area contributed by atoms with Crippen molar-refractivity contribution < 1.29 is 23.8 Å². The van der Waals surface area contributed by atoms with Crippen molar-refractivity contribution in [2.75, 3.05) is 52.5 Å². The molecule has 0 saturated carbocycles. The van der Waals surface area contributed by atoms with Gasteiger partial charge in [0.25, 0.3) is 0 Å². The summed E-state index contributed by atoms with van der Waals surface area (Å²) in [5.41, 5.74) is 2.50. The van der Waals surface area contributed by atoms with Crippen molar-refractivity contribution in [3.63, 3.8) is 0 Å². The summed E-state index contributed by atoms with van der Waals surface area (Å²) in [5.74, 6) is 0. The first-order valence-corrected chi connectivity index (χ1v) is 8.81. The number of rotatable bonds is 4. The number of ether oxygens (including phenoxy) is 3. The lowest BCUT2D eigenvalue weighted by Gasteiger charge is -2.24. The molecular weight excluding hydrogens is 328 g/mol. The Kier molecular flexibility index (Phi) is 7.27. The van der Waals surface area contributed by atoms with E-state index in [1.54, 1.807) is 4.90 Å². The van der Waals surface area contributed by atoms with E-state index in [4.69, 9.17) is 14.2 Å². The summed E-state index contributed by atoms with van der Waals surface area (Å²) >= 11 is 0. The summed E-state index contributed by atoms with van der Waals surface area (Å²) in [6.45, 7) is 9.78. The smallest absolute Gasteiger partial charge is 0.410 e. The number of nitrogens with zero attached hydrogens (tertiary/aromatic N) is 2. The van der Waals surface area contributed by atoms with Gasteiger partial charge in [-0.15, -0.1) is 0 Å². The highest BCUT2D eigenvalue weighted by Crippen LogP contribution is 2.16. The largest absolute Gasteiger partial charge is 0.444 e. The summed E-state index contributed by atoms with van der Waals surface area (Å²) in [4.78, 5) is 25.7. The summed E-state index contributed by atoms with van der Waals surface area (Å²) in [5, 5.41) is 4.33. The van der Waals surface area contributed by atoms with Crippen LogP contribution in [-0.4, -0.2) is 86.3 Å². The number of likely N-dealkylation sites (tertiary alicyclic amines) is 1. The zero-order chi connectivity index (χ0) is 18.3. The zero-order valence-electron chi connectivity index (χ0n) is 15.4. The van der Waals surface area contributed by atoms with Crippen LogP contribution in [0.3, 0.4) is 0 Å². The third-order valence-corrected chi connectivity index (χ3v) is 3.78. The van der Waals surface area contributed by atoms with E-state index in [-0.39, 0.29) is 18.2 Å². The molecule has 0 aromatic heterocycles. The Balaban J connectivity index is 1.59. The number of urea groups is 1. The van der Waals surface area contributed by atoms with Crippen molar-refractivity contribution in [2.24, 2.45) is 0 Å². The summed E-state index contributed by atoms with van der Waals surface area (Å²) < 4.78 is 16.4. The van der Waals surface area contributed by atoms with Crippen LogP contribution in [0.2, 0.25) is 0 Å². The minimum absolute atomic E-state index is 0.0193. The van der Waals surface area contributed by atoms with Gasteiger partial charge in [-0.25, -0.2) is 15.0 Å². The van der Waals surface area contributed by atoms with Crippen molar-refractivity contribution in [1.29, 1.82) is 0 Å². The molecule has 144 valence electrons. The van der Waals surface area contributed by atoms with E-state index < -0.39 is 5.60 Å². The fourth-order valence-corrected chi connectivity index (χ4v) is 2.60. The summed E-state index contributed by atoms with van der Waals surface area (Å²) in [6.07, 6.45) is 0.452. The van der Waals surface area contributed by atoms with Gasteiger partial charge in [0.05, 0.1) is 39.0 Å². The third kappa shape index (κ3) is 7.05. The molecule has 25 heavy (non-hydrogen) atoms. The van der Waals surface area contributed by atoms with E-state index in [9.17, 15) is 9.59 Å². The minimum Gasteiger partial charge on any atom is -0.444 e. The number of amides is 3. The van der Waals surface area contributed by atoms with E-state index in [0.29, 0.717) is 52.5 Å². The van der Waals surface area contributed by atoms with Crippen LogP contribution >= 0.6 is 0 Å². The van der Waals surface area contributed by atoms with Crippen molar-refractivity contribution in [3.05, 3.63) is 0 Å². The predicted molar refractivity (Wildman–Crippen MR) is 91.1 cm³/mol. The van der Waals surface area contributed by atoms with Crippen molar-refractivity contribution in [2.45, 2.75) is 38.9 Å². The standard InChI is InChI=1S/C16H30N4O5/c1-16(2,3)25-15(22)19-7-4-13(12-19)24-10-5-17-14(21)20-8-11-23-9-6-18-20/h13,18H,4-12H2,1-3H3,(H,17,21). The van der Waals surface area contributed by atoms with Gasteiger partial charge in [0.1, 0.15) is 5.60 Å². The molecule has 0 bridgehead atoms.